The van der Waals surface area contributed by atoms with Crippen molar-refractivity contribution in [1.29, 1.82) is 0 Å². The van der Waals surface area contributed by atoms with Crippen LogP contribution in [-0.4, -0.2) is 16.0 Å². The van der Waals surface area contributed by atoms with Crippen LogP contribution in [0.5, 0.6) is 11.5 Å². The third-order valence-electron chi connectivity index (χ3n) is 2.45. The van der Waals surface area contributed by atoms with Gasteiger partial charge in [-0.3, -0.25) is 10.1 Å². The van der Waals surface area contributed by atoms with Gasteiger partial charge in [0.1, 0.15) is 11.3 Å². The highest BCUT2D eigenvalue weighted by Gasteiger charge is 2.23. The Balaban J connectivity index is 2.50. The molecule has 0 aliphatic carbocycles. The third kappa shape index (κ3) is 2.86. The van der Waals surface area contributed by atoms with Crippen molar-refractivity contribution in [3.8, 4) is 11.5 Å². The molecule has 0 amide bonds. The molecule has 0 bridgehead atoms. The van der Waals surface area contributed by atoms with E-state index in [1.165, 1.54) is 42.5 Å². The Morgan fingerprint density at radius 2 is 1.85 bits per heavy atom. The van der Waals surface area contributed by atoms with E-state index in [0.29, 0.717) is 5.02 Å². The molecule has 0 fully saturated rings. The second kappa shape index (κ2) is 5.58. The molecule has 0 spiro atoms. The van der Waals surface area contributed by atoms with Crippen LogP contribution in [0.25, 0.3) is 0 Å². The highest BCUT2D eigenvalue weighted by Crippen LogP contribution is 2.35. The number of nitro benzene ring substituents is 1. The Bertz CT molecular complexity index is 637. The minimum absolute atomic E-state index is 0.256. The molecule has 0 aliphatic heterocycles. The lowest BCUT2D eigenvalue weighted by molar-refractivity contribution is -0.385. The molecule has 0 unspecified atom stereocenters. The number of nitrogens with zero attached hydrogens (tertiary/aromatic N) is 1. The number of hydrogen-bond donors (Lipinski definition) is 1. The maximum atomic E-state index is 11.1. The minimum atomic E-state index is -1.31. The van der Waals surface area contributed by atoms with Crippen LogP contribution in [-0.2, 0) is 0 Å². The first-order valence-corrected chi connectivity index (χ1v) is 5.81. The predicted octanol–water partition coefficient (Wildman–Crippen LogP) is 3.74. The first-order chi connectivity index (χ1) is 9.49. The van der Waals surface area contributed by atoms with Gasteiger partial charge in [-0.1, -0.05) is 17.7 Å². The molecule has 0 heterocycles. The van der Waals surface area contributed by atoms with Crippen molar-refractivity contribution in [2.24, 2.45) is 0 Å². The van der Waals surface area contributed by atoms with Crippen LogP contribution in [0.4, 0.5) is 5.69 Å². The average Bonchev–Trinajstić information content (AvgIpc) is 2.41. The summed E-state index contributed by atoms with van der Waals surface area (Å²) >= 11 is 5.72. The highest BCUT2D eigenvalue weighted by atomic mass is 35.5. The van der Waals surface area contributed by atoms with Gasteiger partial charge in [-0.05, 0) is 30.3 Å². The first-order valence-electron chi connectivity index (χ1n) is 5.43. The third-order valence-corrected chi connectivity index (χ3v) is 2.71. The number of para-hydroxylation sites is 1. The van der Waals surface area contributed by atoms with Gasteiger partial charge in [0.05, 0.1) is 4.92 Å². The number of carboxylic acid groups (broad SMARTS) is 1. The number of halogens is 1. The van der Waals surface area contributed by atoms with E-state index in [-0.39, 0.29) is 17.1 Å². The first kappa shape index (κ1) is 13.8. The lowest BCUT2D eigenvalue weighted by atomic mass is 10.1. The van der Waals surface area contributed by atoms with Crippen LogP contribution in [0, 0.1) is 10.1 Å². The molecule has 6 nitrogen and oxygen atoms in total. The molecule has 2 rings (SSSR count). The molecule has 1 N–H and O–H groups in total. The lowest BCUT2D eigenvalue weighted by Gasteiger charge is -2.09. The molecule has 0 atom stereocenters. The number of benzene rings is 2. The van der Waals surface area contributed by atoms with Gasteiger partial charge in [0.15, 0.2) is 0 Å². The van der Waals surface area contributed by atoms with Gasteiger partial charge in [-0.15, -0.1) is 0 Å². The van der Waals surface area contributed by atoms with Crippen molar-refractivity contribution in [2.45, 2.75) is 0 Å². The normalized spacial score (nSPS) is 10.1. The number of hydrogen-bond acceptors (Lipinski definition) is 4. The minimum Gasteiger partial charge on any atom is -0.478 e. The van der Waals surface area contributed by atoms with E-state index in [1.54, 1.807) is 0 Å². The zero-order chi connectivity index (χ0) is 14.7. The van der Waals surface area contributed by atoms with Gasteiger partial charge in [-0.25, -0.2) is 4.79 Å². The van der Waals surface area contributed by atoms with Crippen molar-refractivity contribution in [1.82, 2.24) is 0 Å². The van der Waals surface area contributed by atoms with E-state index >= 15 is 0 Å². The molecule has 0 radical (unpaired) electrons. The SMILES string of the molecule is O=C(O)c1cccc([N+](=O)[O-])c1Oc1ccc(Cl)cc1. The van der Waals surface area contributed by atoms with Crippen molar-refractivity contribution in [3.63, 3.8) is 0 Å². The Morgan fingerprint density at radius 1 is 1.20 bits per heavy atom. The van der Waals surface area contributed by atoms with Gasteiger partial charge >= 0.3 is 11.7 Å². The second-order valence-electron chi connectivity index (χ2n) is 3.77. The summed E-state index contributed by atoms with van der Waals surface area (Å²) in [6.07, 6.45) is 0. The fourth-order valence-corrected chi connectivity index (χ4v) is 1.69. The van der Waals surface area contributed by atoms with Crippen molar-refractivity contribution in [3.05, 3.63) is 63.2 Å². The smallest absolute Gasteiger partial charge is 0.339 e. The Morgan fingerprint density at radius 3 is 2.40 bits per heavy atom. The maximum Gasteiger partial charge on any atom is 0.339 e. The standard InChI is InChI=1S/C13H8ClNO5/c14-8-4-6-9(7-5-8)20-12-10(13(16)17)2-1-3-11(12)15(18)19/h1-7H,(H,16,17). The molecule has 2 aromatic rings. The summed E-state index contributed by atoms with van der Waals surface area (Å²) in [7, 11) is 0. The monoisotopic (exact) mass is 293 g/mol. The second-order valence-corrected chi connectivity index (χ2v) is 4.21. The van der Waals surface area contributed by atoms with Crippen LogP contribution in [0.1, 0.15) is 10.4 Å². The van der Waals surface area contributed by atoms with Crippen LogP contribution in [0.3, 0.4) is 0 Å². The molecular weight excluding hydrogens is 286 g/mol. The molecule has 2 aromatic carbocycles. The van der Waals surface area contributed by atoms with E-state index in [9.17, 15) is 14.9 Å². The molecule has 0 saturated heterocycles. The summed E-state index contributed by atoms with van der Waals surface area (Å²) in [5.74, 6) is -1.36. The van der Waals surface area contributed by atoms with E-state index in [2.05, 4.69) is 0 Å². The largest absolute Gasteiger partial charge is 0.478 e. The van der Waals surface area contributed by atoms with E-state index < -0.39 is 16.6 Å². The summed E-state index contributed by atoms with van der Waals surface area (Å²) < 4.78 is 5.34. The Kier molecular flexibility index (Phi) is 3.86. The van der Waals surface area contributed by atoms with Crippen LogP contribution < -0.4 is 4.74 Å². The fourth-order valence-electron chi connectivity index (χ4n) is 1.56. The number of ether oxygens (including phenoxy) is 1. The zero-order valence-electron chi connectivity index (χ0n) is 9.95. The molecule has 7 heteroatoms. The maximum absolute atomic E-state index is 11.1. The van der Waals surface area contributed by atoms with Gasteiger partial charge in [-0.2, -0.15) is 0 Å². The topological polar surface area (TPSA) is 89.7 Å². The summed E-state index contributed by atoms with van der Waals surface area (Å²) in [6, 6.07) is 9.75. The van der Waals surface area contributed by atoms with Crippen molar-refractivity contribution in [2.75, 3.05) is 0 Å². The molecule has 20 heavy (non-hydrogen) atoms. The summed E-state index contributed by atoms with van der Waals surface area (Å²) in [6.45, 7) is 0. The quantitative estimate of drug-likeness (QED) is 0.685. The zero-order valence-corrected chi connectivity index (χ0v) is 10.7. The summed E-state index contributed by atoms with van der Waals surface area (Å²) in [5.41, 5.74) is -0.700. The molecule has 0 aliphatic rings. The number of rotatable bonds is 4. The predicted molar refractivity (Wildman–Crippen MR) is 71.6 cm³/mol. The van der Waals surface area contributed by atoms with Crippen LogP contribution in [0.15, 0.2) is 42.5 Å². The van der Waals surface area contributed by atoms with E-state index in [1.807, 2.05) is 0 Å². The van der Waals surface area contributed by atoms with Gasteiger partial charge in [0, 0.05) is 11.1 Å². The highest BCUT2D eigenvalue weighted by molar-refractivity contribution is 6.30. The number of aromatic carboxylic acids is 1. The number of carboxylic acids is 1. The summed E-state index contributed by atoms with van der Waals surface area (Å²) in [5, 5.41) is 20.5. The van der Waals surface area contributed by atoms with Crippen LogP contribution >= 0.6 is 11.6 Å². The molecule has 102 valence electrons. The van der Waals surface area contributed by atoms with E-state index in [4.69, 9.17) is 21.4 Å². The van der Waals surface area contributed by atoms with Crippen LogP contribution in [0.2, 0.25) is 5.02 Å². The Hall–Kier alpha value is -2.60. The molecule has 0 aromatic heterocycles. The van der Waals surface area contributed by atoms with Crippen molar-refractivity contribution >= 4 is 23.3 Å². The van der Waals surface area contributed by atoms with Gasteiger partial charge in [0.25, 0.3) is 0 Å². The average molecular weight is 294 g/mol. The molecular formula is C13H8ClNO5. The molecule has 0 saturated carbocycles. The van der Waals surface area contributed by atoms with Gasteiger partial charge in [0.2, 0.25) is 5.75 Å². The van der Waals surface area contributed by atoms with Gasteiger partial charge < -0.3 is 9.84 Å². The fraction of sp³-hybridized carbons (Fsp3) is 0. The van der Waals surface area contributed by atoms with Crippen molar-refractivity contribution < 1.29 is 19.6 Å². The Labute approximate surface area is 118 Å². The lowest BCUT2D eigenvalue weighted by Crippen LogP contribution is -2.03. The number of carbonyl (C=O) groups is 1. The van der Waals surface area contributed by atoms with E-state index in [0.717, 1.165) is 0 Å². The summed E-state index contributed by atoms with van der Waals surface area (Å²) in [4.78, 5) is 21.4. The number of nitro groups is 1.